The first-order valence-corrected chi connectivity index (χ1v) is 8.31. The Morgan fingerprint density at radius 2 is 1.60 bits per heavy atom. The van der Waals surface area contributed by atoms with Crippen LogP contribution in [0.2, 0.25) is 0 Å². The molecule has 0 bridgehead atoms. The van der Waals surface area contributed by atoms with E-state index in [4.69, 9.17) is 0 Å². The Balaban J connectivity index is 2.27. The van der Waals surface area contributed by atoms with Crippen LogP contribution in [-0.4, -0.2) is 22.1 Å². The van der Waals surface area contributed by atoms with Gasteiger partial charge in [-0.15, -0.1) is 0 Å². The number of halogens is 1. The van der Waals surface area contributed by atoms with Gasteiger partial charge in [0.1, 0.15) is 17.6 Å². The van der Waals surface area contributed by atoms with Crippen molar-refractivity contribution in [2.45, 2.75) is 40.2 Å². The Morgan fingerprint density at radius 1 is 0.960 bits per heavy atom. The van der Waals surface area contributed by atoms with Crippen LogP contribution in [0.5, 0.6) is 0 Å². The number of rotatable bonds is 2. The Morgan fingerprint density at radius 3 is 2.16 bits per heavy atom. The third-order valence-corrected chi connectivity index (χ3v) is 5.11. The van der Waals surface area contributed by atoms with E-state index in [0.717, 1.165) is 22.3 Å². The zero-order valence-corrected chi connectivity index (χ0v) is 14.9. The number of aliphatic hydroxyl groups is 1. The molecule has 130 valence electrons. The molecule has 1 unspecified atom stereocenters. The third-order valence-electron chi connectivity index (χ3n) is 5.11. The Labute approximate surface area is 147 Å². The molecule has 3 nitrogen and oxygen atoms in total. The molecule has 1 aliphatic carbocycles. The molecule has 0 aromatic heterocycles. The van der Waals surface area contributed by atoms with Crippen LogP contribution in [0, 0.1) is 33.5 Å². The molecule has 4 heteroatoms. The molecule has 0 radical (unpaired) electrons. The highest BCUT2D eigenvalue weighted by molar-refractivity contribution is 6.35. The van der Waals surface area contributed by atoms with E-state index >= 15 is 0 Å². The summed E-state index contributed by atoms with van der Waals surface area (Å²) < 4.78 is 14.1. The normalized spacial score (nSPS) is 19.1. The van der Waals surface area contributed by atoms with Crippen LogP contribution in [0.1, 0.15) is 39.8 Å². The topological polar surface area (TPSA) is 52.8 Å². The van der Waals surface area contributed by atoms with Gasteiger partial charge in [-0.1, -0.05) is 29.4 Å². The number of benzene rings is 2. The summed E-state index contributed by atoms with van der Waals surface area (Å²) >= 11 is 0. The van der Waals surface area contributed by atoms with Crippen LogP contribution in [0.3, 0.4) is 0 Å². The lowest BCUT2D eigenvalue weighted by atomic mass is 9.92. The van der Waals surface area contributed by atoms with E-state index in [9.17, 15) is 14.7 Å². The summed E-state index contributed by atoms with van der Waals surface area (Å²) in [5.41, 5.74) is 7.31. The molecule has 2 aromatic rings. The van der Waals surface area contributed by atoms with E-state index in [0.29, 0.717) is 23.1 Å². The van der Waals surface area contributed by atoms with E-state index in [1.54, 1.807) is 13.0 Å². The summed E-state index contributed by atoms with van der Waals surface area (Å²) in [6.07, 6.45) is -0.607. The molecule has 2 N–H and O–H groups in total. The molecule has 25 heavy (non-hydrogen) atoms. The average molecular weight is 339 g/mol. The monoisotopic (exact) mass is 339 g/mol. The van der Waals surface area contributed by atoms with Crippen molar-refractivity contribution < 1.29 is 14.7 Å². The summed E-state index contributed by atoms with van der Waals surface area (Å²) in [6.45, 7) is 7.83. The van der Waals surface area contributed by atoms with Gasteiger partial charge >= 0.3 is 0 Å². The fourth-order valence-corrected chi connectivity index (χ4v) is 3.37. The van der Waals surface area contributed by atoms with Gasteiger partial charge in [0.15, 0.2) is 0 Å². The molecule has 0 aliphatic heterocycles. The van der Waals surface area contributed by atoms with Gasteiger partial charge in [-0.25, -0.2) is 4.39 Å². The summed E-state index contributed by atoms with van der Waals surface area (Å²) in [5.74, 6) is -0.288. The fourth-order valence-electron chi connectivity index (χ4n) is 3.37. The Hall–Kier alpha value is -2.46. The molecule has 0 amide bonds. The first kappa shape index (κ1) is 17.4. The van der Waals surface area contributed by atoms with Crippen LogP contribution in [0.15, 0.2) is 35.5 Å². The van der Waals surface area contributed by atoms with Gasteiger partial charge in [0.2, 0.25) is 0 Å². The van der Waals surface area contributed by atoms with E-state index in [-0.39, 0.29) is 11.5 Å². The molecular weight excluding hydrogens is 317 g/mol. The minimum absolute atomic E-state index is 0.235. The number of aliphatic hydroxyl groups excluding tert-OH is 1. The Bertz CT molecular complexity index is 889. The van der Waals surface area contributed by atoms with Gasteiger partial charge in [0, 0.05) is 12.0 Å². The number of hydrogen-bond acceptors (Lipinski definition) is 3. The second-order valence-corrected chi connectivity index (χ2v) is 6.76. The lowest BCUT2D eigenvalue weighted by Crippen LogP contribution is -2.15. The highest BCUT2D eigenvalue weighted by Gasteiger charge is 2.32. The molecule has 0 heterocycles. The molecule has 0 spiro atoms. The molecule has 1 aliphatic rings. The van der Waals surface area contributed by atoms with Gasteiger partial charge in [-0.3, -0.25) is 0 Å². The molecule has 1 atom stereocenters. The van der Waals surface area contributed by atoms with Gasteiger partial charge < -0.3 is 10.3 Å². The number of nitrogens with zero attached hydrogens (tertiary/aromatic N) is 1. The molecular formula is C21H22FNO2. The molecule has 0 fully saturated rings. The maximum atomic E-state index is 14.1. The Kier molecular flexibility index (Phi) is 4.48. The maximum Gasteiger partial charge on any atom is 0.126 e. The van der Waals surface area contributed by atoms with Crippen LogP contribution in [-0.2, 0) is 0 Å². The summed E-state index contributed by atoms with van der Waals surface area (Å²) in [5, 5.41) is 23.1. The molecule has 0 saturated heterocycles. The quantitative estimate of drug-likeness (QED) is 0.622. The predicted octanol–water partition coefficient (Wildman–Crippen LogP) is 4.56. The second kappa shape index (κ2) is 6.45. The third kappa shape index (κ3) is 2.98. The van der Waals surface area contributed by atoms with Gasteiger partial charge in [-0.05, 0) is 72.7 Å². The highest BCUT2D eigenvalue weighted by atomic mass is 19.1. The van der Waals surface area contributed by atoms with Crippen molar-refractivity contribution in [3.8, 4) is 0 Å². The largest absolute Gasteiger partial charge is 0.411 e. The van der Waals surface area contributed by atoms with Gasteiger partial charge in [0.05, 0.1) is 0 Å². The van der Waals surface area contributed by atoms with Crippen LogP contribution in [0.25, 0.3) is 11.1 Å². The number of hydrogen-bond donors (Lipinski definition) is 2. The van der Waals surface area contributed by atoms with Gasteiger partial charge in [0.25, 0.3) is 0 Å². The highest BCUT2D eigenvalue weighted by Crippen LogP contribution is 2.39. The summed E-state index contributed by atoms with van der Waals surface area (Å²) in [4.78, 5) is 0. The average Bonchev–Trinajstić information content (AvgIpc) is 2.91. The minimum atomic E-state index is -0.902. The van der Waals surface area contributed by atoms with Crippen molar-refractivity contribution in [3.63, 3.8) is 0 Å². The first-order valence-electron chi connectivity index (χ1n) is 8.31. The lowest BCUT2D eigenvalue weighted by molar-refractivity contribution is 0.240. The zero-order chi connectivity index (χ0) is 18.3. The summed E-state index contributed by atoms with van der Waals surface area (Å²) in [6, 6.07) is 9.08. The van der Waals surface area contributed by atoms with Crippen molar-refractivity contribution in [2.75, 3.05) is 0 Å². The number of oxime groups is 1. The van der Waals surface area contributed by atoms with Crippen LogP contribution in [0.4, 0.5) is 4.39 Å². The van der Waals surface area contributed by atoms with E-state index in [1.807, 2.05) is 32.0 Å². The van der Waals surface area contributed by atoms with Crippen LogP contribution < -0.4 is 0 Å². The second-order valence-electron chi connectivity index (χ2n) is 6.76. The smallest absolute Gasteiger partial charge is 0.126 e. The molecule has 3 rings (SSSR count). The summed E-state index contributed by atoms with van der Waals surface area (Å²) in [7, 11) is 0. The van der Waals surface area contributed by atoms with Crippen molar-refractivity contribution in [2.24, 2.45) is 5.16 Å². The van der Waals surface area contributed by atoms with Gasteiger partial charge in [-0.2, -0.15) is 0 Å². The van der Waals surface area contributed by atoms with Crippen molar-refractivity contribution >= 4 is 16.9 Å². The van der Waals surface area contributed by atoms with Crippen molar-refractivity contribution in [3.05, 3.63) is 69.5 Å². The predicted molar refractivity (Wildman–Crippen MR) is 98.4 cm³/mol. The zero-order valence-electron chi connectivity index (χ0n) is 14.9. The van der Waals surface area contributed by atoms with E-state index in [1.165, 1.54) is 11.6 Å². The standard InChI is InChI=1S/C21H22FNO2/c1-11-5-6-15(9-18(11)22)17-10-19(24)21(23-25)20(17)16-7-12(2)14(4)13(3)8-16/h5-9,19,24-25H,10H2,1-4H3/b23-21+. The van der Waals surface area contributed by atoms with E-state index in [2.05, 4.69) is 12.1 Å². The minimum Gasteiger partial charge on any atom is -0.411 e. The molecule has 2 aromatic carbocycles. The maximum absolute atomic E-state index is 14.1. The first-order chi connectivity index (χ1) is 11.8. The van der Waals surface area contributed by atoms with Crippen molar-refractivity contribution in [1.82, 2.24) is 0 Å². The van der Waals surface area contributed by atoms with E-state index < -0.39 is 6.10 Å². The fraction of sp³-hybridized carbons (Fsp3) is 0.286. The van der Waals surface area contributed by atoms with Crippen molar-refractivity contribution in [1.29, 1.82) is 0 Å². The SMILES string of the molecule is Cc1ccc(C2=C(c3cc(C)c(C)c(C)c3)/C(=N/O)C(O)C2)cc1F. The van der Waals surface area contributed by atoms with Crippen LogP contribution >= 0.6 is 0 Å². The number of aryl methyl sites for hydroxylation is 3. The lowest BCUT2D eigenvalue weighted by Gasteiger charge is -2.13. The molecule has 0 saturated carbocycles.